The lowest BCUT2D eigenvalue weighted by molar-refractivity contribution is 0.0847. The normalized spacial score (nSPS) is 19.2. The third-order valence-corrected chi connectivity index (χ3v) is 3.50. The first-order valence-electron chi connectivity index (χ1n) is 6.53. The Morgan fingerprint density at radius 1 is 1.28 bits per heavy atom. The summed E-state index contributed by atoms with van der Waals surface area (Å²) in [5.41, 5.74) is 7.07. The number of anilines is 1. The number of hydrogen-bond donors (Lipinski definition) is 2. The van der Waals surface area contributed by atoms with Crippen molar-refractivity contribution in [1.82, 2.24) is 10.2 Å². The van der Waals surface area contributed by atoms with E-state index < -0.39 is 0 Å². The smallest absolute Gasteiger partial charge is 0.179 e. The Morgan fingerprint density at radius 3 is 2.72 bits per heavy atom. The third kappa shape index (κ3) is 3.09. The number of nitrogens with one attached hydrogen (secondary N) is 1. The van der Waals surface area contributed by atoms with Gasteiger partial charge in [0.2, 0.25) is 0 Å². The van der Waals surface area contributed by atoms with Gasteiger partial charge in [-0.25, -0.2) is 0 Å². The van der Waals surface area contributed by atoms with Gasteiger partial charge in [-0.2, -0.15) is 0 Å². The molecule has 4 nitrogen and oxygen atoms in total. The number of carbonyl (C=O) groups is 1. The Hall–Kier alpha value is -1.39. The van der Waals surface area contributed by atoms with E-state index in [-0.39, 0.29) is 11.8 Å². The molecule has 0 amide bonds. The summed E-state index contributed by atoms with van der Waals surface area (Å²) in [6.07, 6.45) is 1.10. The van der Waals surface area contributed by atoms with Crippen LogP contribution >= 0.6 is 0 Å². The van der Waals surface area contributed by atoms with Crippen LogP contribution in [0.4, 0.5) is 5.69 Å². The number of ketones is 1. The topological polar surface area (TPSA) is 58.4 Å². The van der Waals surface area contributed by atoms with Crippen LogP contribution in [0.15, 0.2) is 24.3 Å². The van der Waals surface area contributed by atoms with Gasteiger partial charge in [0.1, 0.15) is 0 Å². The number of Topliss-reactive ketones (excluding diaryl/α,β-unsaturated/α-hetero) is 1. The molecule has 0 saturated carbocycles. The van der Waals surface area contributed by atoms with Crippen molar-refractivity contribution in [2.75, 3.05) is 31.9 Å². The standard InChI is InChI=1S/C14H21N3O/c1-11(17-9-2-7-16-8-10-17)14(18)12-3-5-13(15)6-4-12/h3-6,11,16H,2,7-10,15H2,1H3. The molecule has 0 spiro atoms. The first kappa shape index (κ1) is 13.1. The SMILES string of the molecule is CC(C(=O)c1ccc(N)cc1)N1CCCNCC1. The molecule has 1 atom stereocenters. The van der Waals surface area contributed by atoms with E-state index in [2.05, 4.69) is 10.2 Å². The van der Waals surface area contributed by atoms with Crippen molar-refractivity contribution < 1.29 is 4.79 Å². The molecular weight excluding hydrogens is 226 g/mol. The van der Waals surface area contributed by atoms with Crippen molar-refractivity contribution in [3.63, 3.8) is 0 Å². The van der Waals surface area contributed by atoms with Gasteiger partial charge in [0.15, 0.2) is 5.78 Å². The summed E-state index contributed by atoms with van der Waals surface area (Å²) in [5, 5.41) is 3.35. The predicted octanol–water partition coefficient (Wildman–Crippen LogP) is 1.14. The quantitative estimate of drug-likeness (QED) is 0.621. The first-order valence-corrected chi connectivity index (χ1v) is 6.53. The summed E-state index contributed by atoms with van der Waals surface area (Å²) < 4.78 is 0. The second-order valence-corrected chi connectivity index (χ2v) is 4.80. The summed E-state index contributed by atoms with van der Waals surface area (Å²) in [5.74, 6) is 0.178. The van der Waals surface area contributed by atoms with Crippen LogP contribution in [0, 0.1) is 0 Å². The zero-order valence-corrected chi connectivity index (χ0v) is 10.9. The average molecular weight is 247 g/mol. The Morgan fingerprint density at radius 2 is 2.00 bits per heavy atom. The second-order valence-electron chi connectivity index (χ2n) is 4.80. The zero-order chi connectivity index (χ0) is 13.0. The van der Waals surface area contributed by atoms with Crippen LogP contribution in [0.1, 0.15) is 23.7 Å². The van der Waals surface area contributed by atoms with Gasteiger partial charge in [-0.05, 0) is 44.2 Å². The Balaban J connectivity index is 2.05. The lowest BCUT2D eigenvalue weighted by Crippen LogP contribution is -2.41. The number of nitrogens with two attached hydrogens (primary N) is 1. The fourth-order valence-corrected chi connectivity index (χ4v) is 2.31. The molecule has 1 aliphatic rings. The molecule has 1 aromatic rings. The molecule has 0 aliphatic carbocycles. The van der Waals surface area contributed by atoms with E-state index in [4.69, 9.17) is 5.73 Å². The summed E-state index contributed by atoms with van der Waals surface area (Å²) in [6, 6.07) is 7.12. The molecule has 0 radical (unpaired) electrons. The number of nitrogens with zero attached hydrogens (tertiary/aromatic N) is 1. The molecule has 1 aliphatic heterocycles. The Labute approximate surface area is 108 Å². The summed E-state index contributed by atoms with van der Waals surface area (Å²) in [6.45, 7) is 5.90. The number of hydrogen-bond acceptors (Lipinski definition) is 4. The van der Waals surface area contributed by atoms with Gasteiger partial charge in [-0.1, -0.05) is 0 Å². The highest BCUT2D eigenvalue weighted by molar-refractivity contribution is 6.00. The maximum absolute atomic E-state index is 12.4. The van der Waals surface area contributed by atoms with Crippen LogP contribution in [0.5, 0.6) is 0 Å². The second kappa shape index (κ2) is 5.98. The Kier molecular flexibility index (Phi) is 4.33. The van der Waals surface area contributed by atoms with E-state index in [1.54, 1.807) is 12.1 Å². The molecule has 1 unspecified atom stereocenters. The number of carbonyl (C=O) groups excluding carboxylic acids is 1. The van der Waals surface area contributed by atoms with Gasteiger partial charge in [0.05, 0.1) is 6.04 Å². The average Bonchev–Trinajstić information content (AvgIpc) is 2.67. The van der Waals surface area contributed by atoms with E-state index in [9.17, 15) is 4.79 Å². The van der Waals surface area contributed by atoms with E-state index in [0.717, 1.165) is 38.2 Å². The van der Waals surface area contributed by atoms with Gasteiger partial charge in [-0.3, -0.25) is 9.69 Å². The molecule has 2 rings (SSSR count). The van der Waals surface area contributed by atoms with Gasteiger partial charge in [0, 0.05) is 30.9 Å². The molecule has 4 heteroatoms. The van der Waals surface area contributed by atoms with E-state index >= 15 is 0 Å². The molecule has 98 valence electrons. The van der Waals surface area contributed by atoms with Crippen molar-refractivity contribution in [2.45, 2.75) is 19.4 Å². The van der Waals surface area contributed by atoms with Crippen molar-refractivity contribution in [3.05, 3.63) is 29.8 Å². The van der Waals surface area contributed by atoms with Crippen LogP contribution in [-0.4, -0.2) is 42.9 Å². The highest BCUT2D eigenvalue weighted by Crippen LogP contribution is 2.12. The van der Waals surface area contributed by atoms with Crippen LogP contribution in [0.2, 0.25) is 0 Å². The van der Waals surface area contributed by atoms with Crippen LogP contribution in [0.3, 0.4) is 0 Å². The first-order chi connectivity index (χ1) is 8.68. The number of nitrogen functional groups attached to an aromatic ring is 1. The molecule has 3 N–H and O–H groups in total. The molecule has 1 aromatic carbocycles. The highest BCUT2D eigenvalue weighted by atomic mass is 16.1. The van der Waals surface area contributed by atoms with Gasteiger partial charge in [-0.15, -0.1) is 0 Å². The Bertz CT molecular complexity index is 394. The van der Waals surface area contributed by atoms with Crippen LogP contribution in [0.25, 0.3) is 0 Å². The molecule has 1 saturated heterocycles. The maximum atomic E-state index is 12.4. The minimum Gasteiger partial charge on any atom is -0.399 e. The van der Waals surface area contributed by atoms with Crippen LogP contribution in [-0.2, 0) is 0 Å². The summed E-state index contributed by atoms with van der Waals surface area (Å²) in [4.78, 5) is 14.6. The molecule has 1 heterocycles. The number of benzene rings is 1. The van der Waals surface area contributed by atoms with E-state index in [0.29, 0.717) is 5.69 Å². The lowest BCUT2D eigenvalue weighted by atomic mass is 10.0. The zero-order valence-electron chi connectivity index (χ0n) is 10.9. The van der Waals surface area contributed by atoms with E-state index in [1.807, 2.05) is 19.1 Å². The highest BCUT2D eigenvalue weighted by Gasteiger charge is 2.22. The van der Waals surface area contributed by atoms with Crippen LogP contribution < -0.4 is 11.1 Å². The maximum Gasteiger partial charge on any atom is 0.179 e. The fourth-order valence-electron chi connectivity index (χ4n) is 2.31. The molecule has 0 bridgehead atoms. The van der Waals surface area contributed by atoms with Gasteiger partial charge < -0.3 is 11.1 Å². The lowest BCUT2D eigenvalue weighted by Gasteiger charge is -2.26. The minimum atomic E-state index is -0.0616. The number of rotatable bonds is 3. The summed E-state index contributed by atoms with van der Waals surface area (Å²) >= 11 is 0. The monoisotopic (exact) mass is 247 g/mol. The van der Waals surface area contributed by atoms with Crippen molar-refractivity contribution in [3.8, 4) is 0 Å². The van der Waals surface area contributed by atoms with Crippen molar-refractivity contribution in [2.24, 2.45) is 0 Å². The molecule has 0 aromatic heterocycles. The van der Waals surface area contributed by atoms with Crippen molar-refractivity contribution >= 4 is 11.5 Å². The van der Waals surface area contributed by atoms with Crippen molar-refractivity contribution in [1.29, 1.82) is 0 Å². The molecular formula is C14H21N3O. The minimum absolute atomic E-state index is 0.0616. The van der Waals surface area contributed by atoms with E-state index in [1.165, 1.54) is 0 Å². The third-order valence-electron chi connectivity index (χ3n) is 3.50. The molecule has 18 heavy (non-hydrogen) atoms. The summed E-state index contributed by atoms with van der Waals surface area (Å²) in [7, 11) is 0. The van der Waals surface area contributed by atoms with Gasteiger partial charge >= 0.3 is 0 Å². The fraction of sp³-hybridized carbons (Fsp3) is 0.500. The predicted molar refractivity (Wildman–Crippen MR) is 73.7 cm³/mol. The van der Waals surface area contributed by atoms with Gasteiger partial charge in [0.25, 0.3) is 0 Å². The molecule has 1 fully saturated rings. The largest absolute Gasteiger partial charge is 0.399 e.